The van der Waals surface area contributed by atoms with Crippen LogP contribution in [0.5, 0.6) is 0 Å². The van der Waals surface area contributed by atoms with Gasteiger partial charge in [0.05, 0.1) is 0 Å². The van der Waals surface area contributed by atoms with Crippen molar-refractivity contribution in [2.75, 3.05) is 38.2 Å². The molecule has 0 atom stereocenters. The zero-order chi connectivity index (χ0) is 22.2. The van der Waals surface area contributed by atoms with Crippen molar-refractivity contribution in [3.8, 4) is 0 Å². The SMILES string of the molecule is O=P([O-])([O-])CN(CCCCCCN(CP(=O)([O-])[O-])CP(=O)([O-])[O-])CP(=O)([O-])[O-].[K+].[K+].[K+].[K+].[K+].[K+].[K+]. The Kier molecular flexibility index (Phi) is 64.3. The van der Waals surface area contributed by atoms with Crippen molar-refractivity contribution in [1.82, 2.24) is 9.80 Å². The Hall–Kier alpha value is 12.0. The Morgan fingerprint density at radius 1 is 0.371 bits per heavy atom. The van der Waals surface area contributed by atoms with Crippen LogP contribution in [0.4, 0.5) is 0 Å². The number of nitrogens with zero attached hydrogens (tertiary/aromatic N) is 2. The van der Waals surface area contributed by atoms with Crippen LogP contribution in [-0.4, -0.2) is 48.0 Å². The van der Waals surface area contributed by atoms with Gasteiger partial charge in [-0.2, -0.15) is 0 Å². The van der Waals surface area contributed by atoms with Crippen LogP contribution in [0.1, 0.15) is 25.7 Å². The molecule has 170 valence electrons. The van der Waals surface area contributed by atoms with E-state index in [0.717, 1.165) is 0 Å². The smallest absolute Gasteiger partial charge is 0.810 e. The van der Waals surface area contributed by atoms with Crippen LogP contribution >= 0.6 is 30.4 Å². The van der Waals surface area contributed by atoms with Gasteiger partial charge in [0.1, 0.15) is 0 Å². The molecule has 0 aromatic carbocycles. The second-order valence-corrected chi connectivity index (χ2v) is 12.2. The van der Waals surface area contributed by atoms with E-state index in [1.165, 1.54) is 0 Å². The van der Waals surface area contributed by atoms with Crippen LogP contribution in [0.2, 0.25) is 0 Å². The molecule has 14 nitrogen and oxygen atoms in total. The van der Waals surface area contributed by atoms with Crippen molar-refractivity contribution in [2.24, 2.45) is 0 Å². The molecule has 0 bridgehead atoms. The molecule has 0 amide bonds. The van der Waals surface area contributed by atoms with Crippen LogP contribution < -0.4 is 399 Å². The molecule has 0 heterocycles. The van der Waals surface area contributed by atoms with Gasteiger partial charge in [0.2, 0.25) is 0 Å². The first-order valence-corrected chi connectivity index (χ1v) is 14.8. The fourth-order valence-corrected chi connectivity index (χ4v) is 5.62. The normalized spacial score (nSPS) is 11.4. The van der Waals surface area contributed by atoms with Crippen molar-refractivity contribution >= 4 is 30.4 Å². The Morgan fingerprint density at radius 2 is 0.543 bits per heavy atom. The Morgan fingerprint density at radius 3 is 0.686 bits per heavy atom. The predicted octanol–water partition coefficient (Wildman–Crippen LogP) is -26.3. The third-order valence-corrected chi connectivity index (χ3v) is 6.18. The van der Waals surface area contributed by atoms with Crippen molar-refractivity contribution < 1.29 is 417 Å². The molecular weight excluding hydrogens is 738 g/mol. The molecule has 0 saturated heterocycles. The minimum absolute atomic E-state index is 0. The van der Waals surface area contributed by atoms with Gasteiger partial charge >= 0.3 is 360 Å². The maximum atomic E-state index is 10.7. The van der Waals surface area contributed by atoms with E-state index in [2.05, 4.69) is 0 Å². The fraction of sp³-hybridized carbons (Fsp3) is 1.00. The van der Waals surface area contributed by atoms with Crippen molar-refractivity contribution in [3.63, 3.8) is 0 Å². The van der Waals surface area contributed by atoms with Gasteiger partial charge in [0.25, 0.3) is 0 Å². The summed E-state index contributed by atoms with van der Waals surface area (Å²) in [4.78, 5) is 87.4. The molecule has 0 saturated carbocycles. The molecule has 0 spiro atoms. The molecule has 0 aliphatic heterocycles. The second-order valence-electron chi connectivity index (χ2n) is 6.21. The molecule has 0 fully saturated rings. The van der Waals surface area contributed by atoms with Gasteiger partial charge in [-0.05, 0) is 25.9 Å². The van der Waals surface area contributed by atoms with E-state index in [0.29, 0.717) is 22.6 Å². The summed E-state index contributed by atoms with van der Waals surface area (Å²) < 4.78 is 43.0. The minimum Gasteiger partial charge on any atom is -0.810 e. The average Bonchev–Trinajstić information content (AvgIpc) is 2.34. The molecule has 0 unspecified atom stereocenters. The predicted molar refractivity (Wildman–Crippen MR) is 81.8 cm³/mol. The summed E-state index contributed by atoms with van der Waals surface area (Å²) in [7, 11) is -20.3. The largest absolute Gasteiger partial charge is 1.00 e. The molecule has 0 N–H and O–H groups in total. The Bertz CT molecular complexity index is 572. The van der Waals surface area contributed by atoms with Gasteiger partial charge in [0.15, 0.2) is 0 Å². The monoisotopic (exact) mass is 757 g/mol. The van der Waals surface area contributed by atoms with E-state index in [-0.39, 0.29) is 386 Å². The topological polar surface area (TPSA) is 259 Å². The van der Waals surface area contributed by atoms with Crippen LogP contribution in [0.25, 0.3) is 0 Å². The molecule has 0 aliphatic carbocycles. The van der Waals surface area contributed by atoms with Crippen molar-refractivity contribution in [2.45, 2.75) is 25.7 Å². The van der Waals surface area contributed by atoms with Gasteiger partial charge in [-0.15, -0.1) is 0 Å². The summed E-state index contributed by atoms with van der Waals surface area (Å²) in [5.41, 5.74) is 0. The summed E-state index contributed by atoms with van der Waals surface area (Å²) in [5, 5.41) is 0. The van der Waals surface area contributed by atoms with Crippen molar-refractivity contribution in [1.29, 1.82) is 0 Å². The van der Waals surface area contributed by atoms with Gasteiger partial charge in [0, 0.05) is 25.1 Å². The van der Waals surface area contributed by atoms with E-state index < -0.39 is 55.5 Å². The molecule has 35 heavy (non-hydrogen) atoms. The van der Waals surface area contributed by atoms with E-state index in [4.69, 9.17) is 0 Å². The fourth-order valence-electron chi connectivity index (χ4n) is 2.38. The average molecular weight is 758 g/mol. The third-order valence-electron chi connectivity index (χ3n) is 3.19. The minimum atomic E-state index is -5.07. The first-order chi connectivity index (χ1) is 12.4. The first-order valence-electron chi connectivity index (χ1n) is 7.85. The van der Waals surface area contributed by atoms with Crippen LogP contribution in [0.3, 0.4) is 0 Å². The summed E-state index contributed by atoms with van der Waals surface area (Å²) in [6, 6.07) is 0. The molecule has 25 heteroatoms. The Balaban J connectivity index is -0.000000174. The molecule has 0 aromatic rings. The molecule has 0 aromatic heterocycles. The van der Waals surface area contributed by atoms with E-state index in [1.54, 1.807) is 0 Å². The maximum Gasteiger partial charge on any atom is 1.00 e. The van der Waals surface area contributed by atoms with Crippen LogP contribution in [-0.2, 0) is 18.3 Å². The van der Waals surface area contributed by atoms with E-state index in [9.17, 15) is 57.4 Å². The quantitative estimate of drug-likeness (QED) is 0.0854. The number of hydrogen-bond acceptors (Lipinski definition) is 14. The van der Waals surface area contributed by atoms with Gasteiger partial charge in [-0.25, -0.2) is 0 Å². The number of hydrogen-bond donors (Lipinski definition) is 0. The second kappa shape index (κ2) is 34.4. The zero-order valence-corrected chi connectivity index (χ0v) is 47.1. The molecular formula is C10H20K7N2O12P4-. The zero-order valence-electron chi connectivity index (χ0n) is 21.7. The summed E-state index contributed by atoms with van der Waals surface area (Å²) in [6.45, 7) is -0.363. The maximum absolute atomic E-state index is 10.7. The summed E-state index contributed by atoms with van der Waals surface area (Å²) >= 11 is 0. The first kappa shape index (κ1) is 65.4. The van der Waals surface area contributed by atoms with Gasteiger partial charge in [-0.1, -0.05) is 43.2 Å². The van der Waals surface area contributed by atoms with Gasteiger partial charge < -0.3 is 57.4 Å². The van der Waals surface area contributed by atoms with Gasteiger partial charge in [-0.3, -0.25) is 9.80 Å². The molecule has 0 aliphatic rings. The standard InChI is InChI=1S/C10H28N2O12P4.7K/c13-25(14,15)7-11(8-26(16,17)18)5-3-1-2-4-6-12(9-27(19,20)21)10-28(22,23)24;;;;;;;/h1-10H2,(H2,13,14,15)(H2,16,17,18)(H2,19,20,21)(H2,22,23,24);;;;;;;/q;7*+1/p-8. The Labute approximate surface area is 504 Å². The van der Waals surface area contributed by atoms with Crippen molar-refractivity contribution in [3.05, 3.63) is 0 Å². The molecule has 0 rings (SSSR count). The third kappa shape index (κ3) is 53.0. The molecule has 0 radical (unpaired) electrons. The van der Waals surface area contributed by atoms with E-state index >= 15 is 0 Å². The summed E-state index contributed by atoms with van der Waals surface area (Å²) in [6.07, 6.45) is -3.48. The number of unbranched alkanes of at least 4 members (excludes halogenated alkanes) is 3. The van der Waals surface area contributed by atoms with Crippen LogP contribution in [0.15, 0.2) is 0 Å². The number of rotatable bonds is 15. The summed E-state index contributed by atoms with van der Waals surface area (Å²) in [5.74, 6) is 0. The van der Waals surface area contributed by atoms with E-state index in [1.807, 2.05) is 0 Å². The van der Waals surface area contributed by atoms with Crippen LogP contribution in [0, 0.1) is 0 Å².